The van der Waals surface area contributed by atoms with Crippen molar-refractivity contribution in [1.29, 1.82) is 0 Å². The lowest BCUT2D eigenvalue weighted by Gasteiger charge is -2.04. The molecule has 0 fully saturated rings. The first-order valence-electron chi connectivity index (χ1n) is 7.11. The molecule has 0 saturated carbocycles. The molecule has 0 unspecified atom stereocenters. The summed E-state index contributed by atoms with van der Waals surface area (Å²) in [6.07, 6.45) is 1.09. The third-order valence-corrected chi connectivity index (χ3v) is 4.11. The SMILES string of the molecule is COc1cc(Cl)ccc1-c1nc(-c2ccc(NS(C)(=O)=O)cc2)no1. The van der Waals surface area contributed by atoms with Gasteiger partial charge in [0.1, 0.15) is 5.75 Å². The standard InChI is InChI=1S/C16H14ClN3O4S/c1-23-14-9-11(17)5-8-13(14)16-18-15(19-24-16)10-3-6-12(7-4-10)20-25(2,21)22/h3-9,20H,1-2H3. The lowest BCUT2D eigenvalue weighted by molar-refractivity contribution is 0.405. The largest absolute Gasteiger partial charge is 0.496 e. The maximum Gasteiger partial charge on any atom is 0.262 e. The van der Waals surface area contributed by atoms with Crippen molar-refractivity contribution >= 4 is 27.3 Å². The Morgan fingerprint density at radius 3 is 2.52 bits per heavy atom. The van der Waals surface area contributed by atoms with E-state index in [2.05, 4.69) is 14.9 Å². The first-order chi connectivity index (χ1) is 11.9. The Balaban J connectivity index is 1.89. The van der Waals surface area contributed by atoms with E-state index in [-0.39, 0.29) is 0 Å². The van der Waals surface area contributed by atoms with Gasteiger partial charge in [0, 0.05) is 16.3 Å². The van der Waals surface area contributed by atoms with Gasteiger partial charge in [-0.1, -0.05) is 16.8 Å². The number of hydrogen-bond donors (Lipinski definition) is 1. The molecule has 0 bridgehead atoms. The minimum atomic E-state index is -3.32. The Bertz CT molecular complexity index is 1000. The third kappa shape index (κ3) is 4.09. The Morgan fingerprint density at radius 1 is 1.16 bits per heavy atom. The van der Waals surface area contributed by atoms with E-state index in [4.69, 9.17) is 20.9 Å². The van der Waals surface area contributed by atoms with Crippen molar-refractivity contribution in [3.05, 3.63) is 47.5 Å². The van der Waals surface area contributed by atoms with E-state index in [9.17, 15) is 8.42 Å². The second-order valence-corrected chi connectivity index (χ2v) is 7.40. The summed E-state index contributed by atoms with van der Waals surface area (Å²) in [7, 11) is -1.79. The fourth-order valence-electron chi connectivity index (χ4n) is 2.19. The van der Waals surface area contributed by atoms with Gasteiger partial charge < -0.3 is 9.26 Å². The summed E-state index contributed by atoms with van der Waals surface area (Å²) in [6.45, 7) is 0. The predicted octanol–water partition coefficient (Wildman–Crippen LogP) is 3.44. The molecule has 0 radical (unpaired) electrons. The average Bonchev–Trinajstić information content (AvgIpc) is 3.03. The minimum Gasteiger partial charge on any atom is -0.496 e. The van der Waals surface area contributed by atoms with Crippen LogP contribution in [0.5, 0.6) is 5.75 Å². The van der Waals surface area contributed by atoms with Crippen LogP contribution in [0.1, 0.15) is 0 Å². The Morgan fingerprint density at radius 2 is 1.88 bits per heavy atom. The maximum atomic E-state index is 11.2. The fraction of sp³-hybridized carbons (Fsp3) is 0.125. The number of sulfonamides is 1. The van der Waals surface area contributed by atoms with Crippen LogP contribution >= 0.6 is 11.6 Å². The molecular weight excluding hydrogens is 366 g/mol. The summed E-state index contributed by atoms with van der Waals surface area (Å²) >= 11 is 5.95. The molecule has 1 heterocycles. The number of anilines is 1. The van der Waals surface area contributed by atoms with Crippen LogP contribution < -0.4 is 9.46 Å². The van der Waals surface area contributed by atoms with Crippen LogP contribution in [0.15, 0.2) is 47.0 Å². The first-order valence-corrected chi connectivity index (χ1v) is 9.38. The fourth-order valence-corrected chi connectivity index (χ4v) is 2.92. The van der Waals surface area contributed by atoms with Crippen molar-refractivity contribution in [2.45, 2.75) is 0 Å². The van der Waals surface area contributed by atoms with Gasteiger partial charge in [-0.15, -0.1) is 0 Å². The van der Waals surface area contributed by atoms with Gasteiger partial charge in [0.25, 0.3) is 5.89 Å². The highest BCUT2D eigenvalue weighted by molar-refractivity contribution is 7.92. The Kier molecular flexibility index (Phi) is 4.65. The molecule has 0 spiro atoms. The van der Waals surface area contributed by atoms with Crippen molar-refractivity contribution < 1.29 is 17.7 Å². The summed E-state index contributed by atoms with van der Waals surface area (Å²) in [5.74, 6) is 1.19. The third-order valence-electron chi connectivity index (χ3n) is 3.27. The second-order valence-electron chi connectivity index (χ2n) is 5.22. The predicted molar refractivity (Wildman–Crippen MR) is 95.2 cm³/mol. The molecule has 0 aliphatic rings. The quantitative estimate of drug-likeness (QED) is 0.729. The zero-order valence-corrected chi connectivity index (χ0v) is 14.9. The normalized spacial score (nSPS) is 11.3. The number of rotatable bonds is 5. The van der Waals surface area contributed by atoms with Gasteiger partial charge in [-0.05, 0) is 42.5 Å². The van der Waals surface area contributed by atoms with Crippen molar-refractivity contribution in [1.82, 2.24) is 10.1 Å². The molecule has 1 aromatic heterocycles. The summed E-state index contributed by atoms with van der Waals surface area (Å²) < 4.78 is 35.4. The number of benzene rings is 2. The van der Waals surface area contributed by atoms with Crippen LogP contribution in [0.2, 0.25) is 5.02 Å². The molecule has 0 aliphatic carbocycles. The zero-order valence-electron chi connectivity index (χ0n) is 13.4. The number of halogens is 1. The molecule has 2 aromatic carbocycles. The van der Waals surface area contributed by atoms with E-state index in [1.807, 2.05) is 0 Å². The molecular formula is C16H14ClN3O4S. The molecule has 1 N–H and O–H groups in total. The van der Waals surface area contributed by atoms with Crippen LogP contribution in [0.3, 0.4) is 0 Å². The van der Waals surface area contributed by atoms with Gasteiger partial charge in [0.05, 0.1) is 18.9 Å². The molecule has 3 aromatic rings. The second kappa shape index (κ2) is 6.73. The molecule has 9 heteroatoms. The highest BCUT2D eigenvalue weighted by Crippen LogP contribution is 2.32. The van der Waals surface area contributed by atoms with Gasteiger partial charge in [-0.25, -0.2) is 8.42 Å². The average molecular weight is 380 g/mol. The Hall–Kier alpha value is -2.58. The number of hydrogen-bond acceptors (Lipinski definition) is 6. The van der Waals surface area contributed by atoms with E-state index in [1.165, 1.54) is 7.11 Å². The maximum absolute atomic E-state index is 11.2. The molecule has 0 saturated heterocycles. The molecule has 0 aliphatic heterocycles. The summed E-state index contributed by atoms with van der Waals surface area (Å²) in [4.78, 5) is 4.35. The van der Waals surface area contributed by atoms with Gasteiger partial charge in [-0.2, -0.15) is 4.98 Å². The number of methoxy groups -OCH3 is 1. The van der Waals surface area contributed by atoms with Gasteiger partial charge >= 0.3 is 0 Å². The van der Waals surface area contributed by atoms with E-state index >= 15 is 0 Å². The summed E-state index contributed by atoms with van der Waals surface area (Å²) in [6, 6.07) is 11.7. The van der Waals surface area contributed by atoms with Gasteiger partial charge in [0.2, 0.25) is 15.8 Å². The van der Waals surface area contributed by atoms with Crippen LogP contribution in [0.4, 0.5) is 5.69 Å². The molecule has 3 rings (SSSR count). The lowest BCUT2D eigenvalue weighted by Crippen LogP contribution is -2.09. The van der Waals surface area contributed by atoms with Crippen LogP contribution in [-0.4, -0.2) is 31.9 Å². The van der Waals surface area contributed by atoms with Crippen molar-refractivity contribution in [3.8, 4) is 28.6 Å². The Labute approximate surface area is 149 Å². The number of ether oxygens (including phenoxy) is 1. The van der Waals surface area contributed by atoms with Crippen LogP contribution in [0, 0.1) is 0 Å². The number of nitrogens with zero attached hydrogens (tertiary/aromatic N) is 2. The van der Waals surface area contributed by atoms with Crippen LogP contribution in [-0.2, 0) is 10.0 Å². The van der Waals surface area contributed by atoms with E-state index in [0.29, 0.717) is 39.3 Å². The smallest absolute Gasteiger partial charge is 0.262 e. The van der Waals surface area contributed by atoms with Crippen molar-refractivity contribution in [3.63, 3.8) is 0 Å². The topological polar surface area (TPSA) is 94.3 Å². The zero-order chi connectivity index (χ0) is 18.0. The molecule has 0 atom stereocenters. The monoisotopic (exact) mass is 379 g/mol. The van der Waals surface area contributed by atoms with Crippen LogP contribution in [0.25, 0.3) is 22.8 Å². The number of aromatic nitrogens is 2. The van der Waals surface area contributed by atoms with Gasteiger partial charge in [-0.3, -0.25) is 4.72 Å². The van der Waals surface area contributed by atoms with E-state index in [0.717, 1.165) is 6.26 Å². The highest BCUT2D eigenvalue weighted by atomic mass is 35.5. The first kappa shape index (κ1) is 17.2. The van der Waals surface area contributed by atoms with E-state index in [1.54, 1.807) is 42.5 Å². The summed E-state index contributed by atoms with van der Waals surface area (Å²) in [5.41, 5.74) is 1.76. The minimum absolute atomic E-state index is 0.293. The summed E-state index contributed by atoms with van der Waals surface area (Å²) in [5, 5.41) is 4.49. The van der Waals surface area contributed by atoms with Gasteiger partial charge in [0.15, 0.2) is 0 Å². The molecule has 7 nitrogen and oxygen atoms in total. The number of nitrogens with one attached hydrogen (secondary N) is 1. The lowest BCUT2D eigenvalue weighted by atomic mass is 10.2. The molecule has 0 amide bonds. The van der Waals surface area contributed by atoms with Crippen molar-refractivity contribution in [2.75, 3.05) is 18.1 Å². The molecule has 25 heavy (non-hydrogen) atoms. The van der Waals surface area contributed by atoms with Crippen molar-refractivity contribution in [2.24, 2.45) is 0 Å². The highest BCUT2D eigenvalue weighted by Gasteiger charge is 2.15. The molecule has 130 valence electrons. The van der Waals surface area contributed by atoms with E-state index < -0.39 is 10.0 Å².